The quantitative estimate of drug-likeness (QED) is 0.731. The lowest BCUT2D eigenvalue weighted by atomic mass is 10.2. The van der Waals surface area contributed by atoms with Gasteiger partial charge >= 0.3 is 0 Å². The number of carbonyl (C=O) groups excluding carboxylic acids is 1. The summed E-state index contributed by atoms with van der Waals surface area (Å²) in [4.78, 5) is 16.3. The molecule has 0 spiro atoms. The second-order valence-corrected chi connectivity index (χ2v) is 5.88. The van der Waals surface area contributed by atoms with Gasteiger partial charge in [-0.15, -0.1) is 0 Å². The molecule has 1 aliphatic rings. The summed E-state index contributed by atoms with van der Waals surface area (Å²) in [5.74, 6) is 1.08. The van der Waals surface area contributed by atoms with Crippen LogP contribution in [0.4, 0.5) is 21.6 Å². The van der Waals surface area contributed by atoms with Gasteiger partial charge in [-0.05, 0) is 48.5 Å². The third-order valence-electron chi connectivity index (χ3n) is 3.94. The number of nitrogens with zero attached hydrogens (tertiary/aromatic N) is 1. The van der Waals surface area contributed by atoms with Crippen molar-refractivity contribution in [3.05, 3.63) is 72.2 Å². The van der Waals surface area contributed by atoms with E-state index in [0.29, 0.717) is 30.3 Å². The van der Waals surface area contributed by atoms with Crippen molar-refractivity contribution in [3.63, 3.8) is 0 Å². The molecule has 3 aromatic rings. The SMILES string of the molecule is O=C(Nc1ccc(Nc2ccc3c(c2)OCCO3)cn1)c1ccc(F)cc1. The van der Waals surface area contributed by atoms with Crippen LogP contribution in [0.3, 0.4) is 0 Å². The number of fused-ring (bicyclic) bond motifs is 1. The highest BCUT2D eigenvalue weighted by atomic mass is 19.1. The van der Waals surface area contributed by atoms with Gasteiger partial charge in [0.25, 0.3) is 5.91 Å². The van der Waals surface area contributed by atoms with E-state index in [1.165, 1.54) is 24.3 Å². The first-order valence-electron chi connectivity index (χ1n) is 8.37. The van der Waals surface area contributed by atoms with Crippen LogP contribution in [-0.2, 0) is 0 Å². The standard InChI is InChI=1S/C20H16FN3O3/c21-14-3-1-13(2-4-14)20(25)24-19-8-6-16(12-22-19)23-15-5-7-17-18(11-15)27-10-9-26-17/h1-8,11-12,23H,9-10H2,(H,22,24,25). The Bertz CT molecular complexity index is 959. The number of amides is 1. The topological polar surface area (TPSA) is 72.5 Å². The van der Waals surface area contributed by atoms with E-state index in [1.54, 1.807) is 18.3 Å². The predicted molar refractivity (Wildman–Crippen MR) is 99.3 cm³/mol. The number of hydrogen-bond acceptors (Lipinski definition) is 5. The molecule has 0 bridgehead atoms. The molecule has 7 heteroatoms. The van der Waals surface area contributed by atoms with E-state index >= 15 is 0 Å². The maximum absolute atomic E-state index is 12.9. The van der Waals surface area contributed by atoms with E-state index in [9.17, 15) is 9.18 Å². The van der Waals surface area contributed by atoms with E-state index in [2.05, 4.69) is 15.6 Å². The van der Waals surface area contributed by atoms with Gasteiger partial charge in [-0.2, -0.15) is 0 Å². The molecule has 0 fully saturated rings. The van der Waals surface area contributed by atoms with Gasteiger partial charge in [0, 0.05) is 17.3 Å². The van der Waals surface area contributed by atoms with Gasteiger partial charge in [-0.1, -0.05) is 0 Å². The zero-order valence-electron chi connectivity index (χ0n) is 14.2. The van der Waals surface area contributed by atoms with Gasteiger partial charge in [-0.3, -0.25) is 4.79 Å². The first-order chi connectivity index (χ1) is 13.2. The molecule has 2 heterocycles. The van der Waals surface area contributed by atoms with Crippen LogP contribution in [0, 0.1) is 5.82 Å². The molecule has 6 nitrogen and oxygen atoms in total. The van der Waals surface area contributed by atoms with Gasteiger partial charge in [-0.25, -0.2) is 9.37 Å². The van der Waals surface area contributed by atoms with Crippen LogP contribution >= 0.6 is 0 Å². The molecule has 4 rings (SSSR count). The maximum Gasteiger partial charge on any atom is 0.256 e. The number of rotatable bonds is 4. The molecule has 0 unspecified atom stereocenters. The van der Waals surface area contributed by atoms with Crippen LogP contribution in [0.5, 0.6) is 11.5 Å². The second kappa shape index (κ2) is 7.33. The van der Waals surface area contributed by atoms with E-state index in [-0.39, 0.29) is 11.7 Å². The van der Waals surface area contributed by atoms with Crippen LogP contribution in [0.2, 0.25) is 0 Å². The largest absolute Gasteiger partial charge is 0.486 e. The fourth-order valence-electron chi connectivity index (χ4n) is 2.62. The highest BCUT2D eigenvalue weighted by molar-refractivity contribution is 6.03. The summed E-state index contributed by atoms with van der Waals surface area (Å²) >= 11 is 0. The van der Waals surface area contributed by atoms with Crippen LogP contribution in [-0.4, -0.2) is 24.1 Å². The average Bonchev–Trinajstić information content (AvgIpc) is 2.70. The molecule has 0 saturated heterocycles. The maximum atomic E-state index is 12.9. The molecule has 2 N–H and O–H groups in total. The number of pyridine rings is 1. The smallest absolute Gasteiger partial charge is 0.256 e. The molecule has 1 amide bonds. The summed E-state index contributed by atoms with van der Waals surface area (Å²) in [5.41, 5.74) is 1.95. The fourth-order valence-corrected chi connectivity index (χ4v) is 2.62. The summed E-state index contributed by atoms with van der Waals surface area (Å²) in [6.45, 7) is 1.08. The molecule has 1 aliphatic heterocycles. The van der Waals surface area contributed by atoms with Crippen molar-refractivity contribution in [3.8, 4) is 11.5 Å². The van der Waals surface area contributed by atoms with Crippen LogP contribution in [0.1, 0.15) is 10.4 Å². The fraction of sp³-hybridized carbons (Fsp3) is 0.100. The van der Waals surface area contributed by atoms with Crippen molar-refractivity contribution >= 4 is 23.1 Å². The summed E-state index contributed by atoms with van der Waals surface area (Å²) in [6, 6.07) is 14.4. The van der Waals surface area contributed by atoms with E-state index in [4.69, 9.17) is 9.47 Å². The Kier molecular flexibility index (Phi) is 4.57. The second-order valence-electron chi connectivity index (χ2n) is 5.88. The number of hydrogen-bond donors (Lipinski definition) is 2. The first kappa shape index (κ1) is 16.8. The number of carbonyl (C=O) groups is 1. The zero-order valence-corrected chi connectivity index (χ0v) is 14.2. The Balaban J connectivity index is 1.41. The summed E-state index contributed by atoms with van der Waals surface area (Å²) in [6.07, 6.45) is 1.61. The highest BCUT2D eigenvalue weighted by Crippen LogP contribution is 2.33. The third-order valence-corrected chi connectivity index (χ3v) is 3.94. The number of aromatic nitrogens is 1. The van der Waals surface area contributed by atoms with E-state index in [1.807, 2.05) is 18.2 Å². The van der Waals surface area contributed by atoms with Crippen LogP contribution in [0.25, 0.3) is 0 Å². The van der Waals surface area contributed by atoms with Crippen LogP contribution < -0.4 is 20.1 Å². The number of anilines is 3. The molecular weight excluding hydrogens is 349 g/mol. The molecular formula is C20H16FN3O3. The van der Waals surface area contributed by atoms with Crippen molar-refractivity contribution in [1.82, 2.24) is 4.98 Å². The molecule has 0 radical (unpaired) electrons. The summed E-state index contributed by atoms with van der Waals surface area (Å²) in [7, 11) is 0. The Morgan fingerprint density at radius 3 is 2.41 bits per heavy atom. The Labute approximate surface area is 155 Å². The number of ether oxygens (including phenoxy) is 2. The molecule has 1 aromatic heterocycles. The van der Waals surface area contributed by atoms with Crippen molar-refractivity contribution in [2.75, 3.05) is 23.8 Å². The van der Waals surface area contributed by atoms with Crippen LogP contribution in [0.15, 0.2) is 60.8 Å². The Morgan fingerprint density at radius 1 is 0.926 bits per heavy atom. The predicted octanol–water partition coefficient (Wildman–Crippen LogP) is 3.99. The number of halogens is 1. The Hall–Kier alpha value is -3.61. The summed E-state index contributed by atoms with van der Waals surface area (Å²) < 4.78 is 24.0. The van der Waals surface area contributed by atoms with Crippen molar-refractivity contribution in [2.24, 2.45) is 0 Å². The van der Waals surface area contributed by atoms with E-state index < -0.39 is 0 Å². The molecule has 0 saturated carbocycles. The highest BCUT2D eigenvalue weighted by Gasteiger charge is 2.12. The lowest BCUT2D eigenvalue weighted by Gasteiger charge is -2.19. The monoisotopic (exact) mass is 365 g/mol. The molecule has 0 aliphatic carbocycles. The van der Waals surface area contributed by atoms with Gasteiger partial charge < -0.3 is 20.1 Å². The number of benzene rings is 2. The van der Waals surface area contributed by atoms with Gasteiger partial charge in [0.15, 0.2) is 11.5 Å². The normalized spacial score (nSPS) is 12.3. The van der Waals surface area contributed by atoms with Gasteiger partial charge in [0.05, 0.1) is 11.9 Å². The minimum Gasteiger partial charge on any atom is -0.486 e. The minimum absolute atomic E-state index is 0.352. The van der Waals surface area contributed by atoms with E-state index in [0.717, 1.165) is 17.1 Å². The van der Waals surface area contributed by atoms with Gasteiger partial charge in [0.1, 0.15) is 24.8 Å². The van der Waals surface area contributed by atoms with Gasteiger partial charge in [0.2, 0.25) is 0 Å². The minimum atomic E-state index is -0.390. The van der Waals surface area contributed by atoms with Crippen molar-refractivity contribution < 1.29 is 18.7 Å². The zero-order chi connectivity index (χ0) is 18.6. The number of nitrogens with one attached hydrogen (secondary N) is 2. The summed E-state index contributed by atoms with van der Waals surface area (Å²) in [5, 5.41) is 5.89. The molecule has 136 valence electrons. The van der Waals surface area contributed by atoms with Crippen molar-refractivity contribution in [1.29, 1.82) is 0 Å². The molecule has 2 aromatic carbocycles. The van der Waals surface area contributed by atoms with Crippen molar-refractivity contribution in [2.45, 2.75) is 0 Å². The molecule has 0 atom stereocenters. The lowest BCUT2D eigenvalue weighted by molar-refractivity contribution is 0.102. The lowest BCUT2D eigenvalue weighted by Crippen LogP contribution is -2.15. The molecule has 27 heavy (non-hydrogen) atoms. The third kappa shape index (κ3) is 3.98. The Morgan fingerprint density at radius 2 is 1.67 bits per heavy atom. The first-order valence-corrected chi connectivity index (χ1v) is 8.37. The average molecular weight is 365 g/mol.